The Morgan fingerprint density at radius 1 is 1.05 bits per heavy atom. The summed E-state index contributed by atoms with van der Waals surface area (Å²) >= 11 is 3.05. The van der Waals surface area contributed by atoms with Crippen LogP contribution in [0.3, 0.4) is 0 Å². The number of rotatable bonds is 2. The summed E-state index contributed by atoms with van der Waals surface area (Å²) in [6.07, 6.45) is 3.07. The van der Waals surface area contributed by atoms with Crippen molar-refractivity contribution in [3.8, 4) is 0 Å². The van der Waals surface area contributed by atoms with Crippen LogP contribution >= 0.6 is 15.9 Å². The highest BCUT2D eigenvalue weighted by Crippen LogP contribution is 2.31. The molecule has 1 aromatic heterocycles. The molecule has 0 aliphatic carbocycles. The van der Waals surface area contributed by atoms with E-state index in [2.05, 4.69) is 25.9 Å². The lowest BCUT2D eigenvalue weighted by Crippen LogP contribution is -2.16. The molecule has 0 radical (unpaired) electrons. The van der Waals surface area contributed by atoms with Crippen molar-refractivity contribution in [2.24, 2.45) is 5.73 Å². The maximum Gasteiger partial charge on any atom is 0.145 e. The fourth-order valence-electron chi connectivity index (χ4n) is 2.25. The van der Waals surface area contributed by atoms with Gasteiger partial charge in [-0.3, -0.25) is 9.97 Å². The van der Waals surface area contributed by atoms with E-state index < -0.39 is 17.7 Å². The van der Waals surface area contributed by atoms with Crippen LogP contribution in [0.15, 0.2) is 47.2 Å². The standard InChI is InChI=1S/C15H10BrF2N3/c16-9-4-5-10(17)12(13(9)18)14(19)8-2-1-3-11-15(8)21-7-6-20-11/h1-7,14H,19H2. The van der Waals surface area contributed by atoms with Crippen LogP contribution in [0.25, 0.3) is 11.0 Å². The van der Waals surface area contributed by atoms with Crippen molar-refractivity contribution >= 4 is 27.0 Å². The molecule has 0 fully saturated rings. The summed E-state index contributed by atoms with van der Waals surface area (Å²) in [7, 11) is 0. The summed E-state index contributed by atoms with van der Waals surface area (Å²) in [5.74, 6) is -1.40. The van der Waals surface area contributed by atoms with Crippen LogP contribution in [-0.2, 0) is 0 Å². The SMILES string of the molecule is NC(c1c(F)ccc(Br)c1F)c1cccc2nccnc12. The van der Waals surface area contributed by atoms with E-state index in [0.29, 0.717) is 16.6 Å². The van der Waals surface area contributed by atoms with Crippen LogP contribution in [-0.4, -0.2) is 9.97 Å². The highest BCUT2D eigenvalue weighted by molar-refractivity contribution is 9.10. The number of hydrogen-bond donors (Lipinski definition) is 1. The third-order valence-corrected chi connectivity index (χ3v) is 3.87. The molecular weight excluding hydrogens is 340 g/mol. The van der Waals surface area contributed by atoms with Crippen LogP contribution in [0.1, 0.15) is 17.2 Å². The highest BCUT2D eigenvalue weighted by Gasteiger charge is 2.22. The summed E-state index contributed by atoms with van der Waals surface area (Å²) in [5, 5.41) is 0. The molecule has 2 N–H and O–H groups in total. The fraction of sp³-hybridized carbons (Fsp3) is 0.0667. The number of nitrogens with zero attached hydrogens (tertiary/aromatic N) is 2. The maximum absolute atomic E-state index is 14.2. The van der Waals surface area contributed by atoms with Gasteiger partial charge in [0.1, 0.15) is 11.6 Å². The highest BCUT2D eigenvalue weighted by atomic mass is 79.9. The summed E-state index contributed by atoms with van der Waals surface area (Å²) < 4.78 is 28.4. The first kappa shape index (κ1) is 14.0. The van der Waals surface area contributed by atoms with E-state index in [1.54, 1.807) is 24.4 Å². The molecule has 0 saturated carbocycles. The topological polar surface area (TPSA) is 51.8 Å². The molecule has 1 unspecified atom stereocenters. The molecule has 106 valence electrons. The number of nitrogens with two attached hydrogens (primary N) is 1. The molecule has 2 aromatic carbocycles. The van der Waals surface area contributed by atoms with E-state index in [4.69, 9.17) is 5.73 Å². The Kier molecular flexibility index (Phi) is 3.65. The van der Waals surface area contributed by atoms with Crippen LogP contribution in [0.4, 0.5) is 8.78 Å². The average molecular weight is 350 g/mol. The fourth-order valence-corrected chi connectivity index (χ4v) is 2.60. The van der Waals surface area contributed by atoms with Gasteiger partial charge in [0, 0.05) is 23.5 Å². The van der Waals surface area contributed by atoms with Gasteiger partial charge >= 0.3 is 0 Å². The summed E-state index contributed by atoms with van der Waals surface area (Å²) in [5.41, 5.74) is 7.58. The second kappa shape index (κ2) is 5.46. The molecule has 0 bridgehead atoms. The third kappa shape index (κ3) is 2.41. The zero-order valence-corrected chi connectivity index (χ0v) is 12.3. The van der Waals surface area contributed by atoms with E-state index in [9.17, 15) is 8.78 Å². The Bertz CT molecular complexity index is 818. The molecule has 0 aliphatic rings. The van der Waals surface area contributed by atoms with E-state index >= 15 is 0 Å². The molecule has 0 amide bonds. The first-order valence-corrected chi connectivity index (χ1v) is 6.97. The van der Waals surface area contributed by atoms with Gasteiger partial charge in [0.15, 0.2) is 0 Å². The molecule has 6 heteroatoms. The largest absolute Gasteiger partial charge is 0.320 e. The maximum atomic E-state index is 14.2. The minimum absolute atomic E-state index is 0.167. The number of aromatic nitrogens is 2. The Morgan fingerprint density at radius 3 is 2.62 bits per heavy atom. The predicted molar refractivity (Wildman–Crippen MR) is 79.6 cm³/mol. The van der Waals surface area contributed by atoms with Gasteiger partial charge in [-0.25, -0.2) is 8.78 Å². The number of para-hydroxylation sites is 1. The molecule has 0 saturated heterocycles. The second-order valence-electron chi connectivity index (χ2n) is 4.51. The normalized spacial score (nSPS) is 12.6. The number of hydrogen-bond acceptors (Lipinski definition) is 3. The van der Waals surface area contributed by atoms with Crippen LogP contribution in [0.2, 0.25) is 0 Å². The second-order valence-corrected chi connectivity index (χ2v) is 5.36. The van der Waals surface area contributed by atoms with Gasteiger partial charge in [-0.15, -0.1) is 0 Å². The van der Waals surface area contributed by atoms with Gasteiger partial charge in [-0.1, -0.05) is 12.1 Å². The zero-order chi connectivity index (χ0) is 15.0. The quantitative estimate of drug-likeness (QED) is 0.717. The van der Waals surface area contributed by atoms with Gasteiger partial charge in [0.2, 0.25) is 0 Å². The summed E-state index contributed by atoms with van der Waals surface area (Å²) in [6.45, 7) is 0. The van der Waals surface area contributed by atoms with E-state index in [0.717, 1.165) is 0 Å². The van der Waals surface area contributed by atoms with Crippen molar-refractivity contribution in [3.63, 3.8) is 0 Å². The van der Waals surface area contributed by atoms with Crippen molar-refractivity contribution in [2.75, 3.05) is 0 Å². The predicted octanol–water partition coefficient (Wildman–Crippen LogP) is 3.72. The molecule has 3 rings (SSSR count). The first-order valence-electron chi connectivity index (χ1n) is 6.18. The minimum Gasteiger partial charge on any atom is -0.320 e. The number of benzene rings is 2. The van der Waals surface area contributed by atoms with Gasteiger partial charge in [-0.2, -0.15) is 0 Å². The van der Waals surface area contributed by atoms with Crippen molar-refractivity contribution < 1.29 is 8.78 Å². The monoisotopic (exact) mass is 349 g/mol. The molecule has 0 aliphatic heterocycles. The summed E-state index contributed by atoms with van der Waals surface area (Å²) in [6, 6.07) is 6.72. The van der Waals surface area contributed by atoms with Crippen molar-refractivity contribution in [3.05, 3.63) is 70.0 Å². The van der Waals surface area contributed by atoms with Gasteiger partial charge in [0.25, 0.3) is 0 Å². The molecular formula is C15H10BrF2N3. The van der Waals surface area contributed by atoms with Gasteiger partial charge < -0.3 is 5.73 Å². The third-order valence-electron chi connectivity index (χ3n) is 3.26. The van der Waals surface area contributed by atoms with Crippen LogP contribution in [0, 0.1) is 11.6 Å². The van der Waals surface area contributed by atoms with Crippen molar-refractivity contribution in [2.45, 2.75) is 6.04 Å². The van der Waals surface area contributed by atoms with Crippen LogP contribution < -0.4 is 5.73 Å². The van der Waals surface area contributed by atoms with E-state index in [1.807, 2.05) is 0 Å². The lowest BCUT2D eigenvalue weighted by molar-refractivity contribution is 0.540. The van der Waals surface area contributed by atoms with Crippen LogP contribution in [0.5, 0.6) is 0 Å². The molecule has 3 nitrogen and oxygen atoms in total. The molecule has 21 heavy (non-hydrogen) atoms. The summed E-state index contributed by atoms with van der Waals surface area (Å²) in [4.78, 5) is 8.38. The Hall–Kier alpha value is -1.92. The van der Waals surface area contributed by atoms with Gasteiger partial charge in [-0.05, 0) is 34.1 Å². The minimum atomic E-state index is -0.970. The molecule has 0 spiro atoms. The lowest BCUT2D eigenvalue weighted by atomic mass is 9.97. The molecule has 1 heterocycles. The number of halogens is 3. The average Bonchev–Trinajstić information content (AvgIpc) is 2.50. The van der Waals surface area contributed by atoms with Gasteiger partial charge in [0.05, 0.1) is 21.5 Å². The lowest BCUT2D eigenvalue weighted by Gasteiger charge is -2.16. The van der Waals surface area contributed by atoms with E-state index in [-0.39, 0.29) is 10.0 Å². The van der Waals surface area contributed by atoms with Crippen molar-refractivity contribution in [1.29, 1.82) is 0 Å². The number of fused-ring (bicyclic) bond motifs is 1. The molecule has 3 aromatic rings. The first-order chi connectivity index (χ1) is 10.1. The smallest absolute Gasteiger partial charge is 0.145 e. The van der Waals surface area contributed by atoms with E-state index in [1.165, 1.54) is 18.3 Å². The Balaban J connectivity index is 2.22. The Morgan fingerprint density at radius 2 is 1.81 bits per heavy atom. The van der Waals surface area contributed by atoms with Crippen molar-refractivity contribution in [1.82, 2.24) is 9.97 Å². The zero-order valence-electron chi connectivity index (χ0n) is 10.7. The Labute approximate surface area is 128 Å². The molecule has 1 atom stereocenters.